The molecule has 4 atom stereocenters. The fraction of sp³-hybridized carbons (Fsp3) is 0.765. The Morgan fingerprint density at radius 1 is 1.08 bits per heavy atom. The zero-order chi connectivity index (χ0) is 20.1. The van der Waals surface area contributed by atoms with Crippen LogP contribution in [0.25, 0.3) is 0 Å². The first-order valence-corrected chi connectivity index (χ1v) is 9.06. The van der Waals surface area contributed by atoms with E-state index in [0.717, 1.165) is 6.42 Å². The first-order valence-electron chi connectivity index (χ1n) is 9.06. The van der Waals surface area contributed by atoms with Crippen molar-refractivity contribution < 1.29 is 19.2 Å². The summed E-state index contributed by atoms with van der Waals surface area (Å²) < 4.78 is 0. The first-order chi connectivity index (χ1) is 12.3. The maximum atomic E-state index is 12.5. The number of amides is 3. The van der Waals surface area contributed by atoms with Gasteiger partial charge < -0.3 is 32.6 Å². The lowest BCUT2D eigenvalue weighted by Gasteiger charge is -2.24. The Labute approximate surface area is 154 Å². The minimum absolute atomic E-state index is 0.0140. The van der Waals surface area contributed by atoms with Crippen molar-refractivity contribution >= 4 is 24.0 Å². The van der Waals surface area contributed by atoms with E-state index >= 15 is 0 Å². The summed E-state index contributed by atoms with van der Waals surface area (Å²) in [4.78, 5) is 46.7. The normalized spacial score (nSPS) is 15.4. The van der Waals surface area contributed by atoms with Gasteiger partial charge in [-0.2, -0.15) is 0 Å². The molecule has 9 heteroatoms. The number of hydrogen-bond donors (Lipinski definition) is 5. The van der Waals surface area contributed by atoms with Crippen LogP contribution in [0.5, 0.6) is 0 Å². The van der Waals surface area contributed by atoms with Crippen LogP contribution in [0.15, 0.2) is 0 Å². The molecule has 0 aromatic heterocycles. The first kappa shape index (κ1) is 24.0. The molecule has 0 radical (unpaired) electrons. The number of nitrogens with two attached hydrogens (primary N) is 3. The Balaban J connectivity index is 4.91. The Morgan fingerprint density at radius 2 is 1.73 bits per heavy atom. The van der Waals surface area contributed by atoms with Crippen molar-refractivity contribution in [3.8, 4) is 0 Å². The molecule has 0 bridgehead atoms. The maximum Gasteiger partial charge on any atom is 0.243 e. The molecule has 0 saturated heterocycles. The summed E-state index contributed by atoms with van der Waals surface area (Å²) in [7, 11) is 0. The molecular weight excluding hydrogens is 338 g/mol. The van der Waals surface area contributed by atoms with Gasteiger partial charge in [0.15, 0.2) is 0 Å². The Hall–Kier alpha value is -2.00. The summed E-state index contributed by atoms with van der Waals surface area (Å²) in [6.45, 7) is 4.26. The summed E-state index contributed by atoms with van der Waals surface area (Å²) >= 11 is 0. The lowest BCUT2D eigenvalue weighted by molar-refractivity contribution is -0.131. The number of primary amides is 1. The predicted octanol–water partition coefficient (Wildman–Crippen LogP) is -1.08. The molecule has 0 rings (SSSR count). The van der Waals surface area contributed by atoms with Crippen LogP contribution in [0.3, 0.4) is 0 Å². The molecule has 150 valence electrons. The van der Waals surface area contributed by atoms with E-state index in [2.05, 4.69) is 10.6 Å². The topological polar surface area (TPSA) is 170 Å². The van der Waals surface area contributed by atoms with Crippen LogP contribution in [-0.4, -0.2) is 48.7 Å². The van der Waals surface area contributed by atoms with Gasteiger partial charge in [0, 0.05) is 6.42 Å². The van der Waals surface area contributed by atoms with E-state index in [1.54, 1.807) is 0 Å². The van der Waals surface area contributed by atoms with Crippen molar-refractivity contribution in [3.63, 3.8) is 0 Å². The molecule has 3 amide bonds. The molecule has 9 nitrogen and oxygen atoms in total. The van der Waals surface area contributed by atoms with Gasteiger partial charge in [0.1, 0.15) is 12.3 Å². The molecule has 0 fully saturated rings. The van der Waals surface area contributed by atoms with E-state index in [-0.39, 0.29) is 18.8 Å². The SMILES string of the molecule is CC[C@H](C)[C@@H](C=O)NC(=O)[C@H](CCCCN)NC(=O)[C@@H](N)CCC(N)=O. The van der Waals surface area contributed by atoms with Crippen LogP contribution < -0.4 is 27.8 Å². The standard InChI is InChI=1S/C17H33N5O4/c1-3-11(2)14(10-23)22-17(26)13(6-4-5-9-18)21-16(25)12(19)7-8-15(20)24/h10-14H,3-9,18-19H2,1-2H3,(H2,20,24)(H,21,25)(H,22,26)/t11-,12-,13-,14+/m0/s1. The highest BCUT2D eigenvalue weighted by Crippen LogP contribution is 2.08. The third-order valence-corrected chi connectivity index (χ3v) is 4.33. The number of unbranched alkanes of at least 4 members (excludes halogenated alkanes) is 1. The van der Waals surface area contributed by atoms with E-state index in [4.69, 9.17) is 17.2 Å². The van der Waals surface area contributed by atoms with Gasteiger partial charge in [0.2, 0.25) is 17.7 Å². The molecule has 0 heterocycles. The smallest absolute Gasteiger partial charge is 0.243 e. The Kier molecular flexibility index (Phi) is 12.2. The van der Waals surface area contributed by atoms with Gasteiger partial charge in [-0.3, -0.25) is 14.4 Å². The second-order valence-corrected chi connectivity index (χ2v) is 6.51. The van der Waals surface area contributed by atoms with Crippen LogP contribution in [0.2, 0.25) is 0 Å². The van der Waals surface area contributed by atoms with Crippen LogP contribution in [0.4, 0.5) is 0 Å². The minimum Gasteiger partial charge on any atom is -0.370 e. The number of rotatable bonds is 14. The van der Waals surface area contributed by atoms with Gasteiger partial charge in [-0.25, -0.2) is 0 Å². The van der Waals surface area contributed by atoms with Gasteiger partial charge in [-0.1, -0.05) is 20.3 Å². The number of hydrogen-bond acceptors (Lipinski definition) is 6. The van der Waals surface area contributed by atoms with Gasteiger partial charge in [-0.05, 0) is 38.1 Å². The summed E-state index contributed by atoms with van der Waals surface area (Å²) in [6.07, 6.45) is 3.23. The Bertz CT molecular complexity index is 472. The van der Waals surface area contributed by atoms with E-state index < -0.39 is 35.8 Å². The lowest BCUT2D eigenvalue weighted by Crippen LogP contribution is -2.54. The number of carbonyl (C=O) groups excluding carboxylic acids is 4. The molecule has 0 unspecified atom stereocenters. The van der Waals surface area contributed by atoms with Crippen LogP contribution in [-0.2, 0) is 19.2 Å². The van der Waals surface area contributed by atoms with Gasteiger partial charge in [0.25, 0.3) is 0 Å². The van der Waals surface area contributed by atoms with E-state index in [1.807, 2.05) is 13.8 Å². The second kappa shape index (κ2) is 13.2. The van der Waals surface area contributed by atoms with Crippen molar-refractivity contribution in [2.45, 2.75) is 70.5 Å². The Morgan fingerprint density at radius 3 is 2.23 bits per heavy atom. The quantitative estimate of drug-likeness (QED) is 0.192. The molecular formula is C17H33N5O4. The maximum absolute atomic E-state index is 12.5. The molecule has 0 aliphatic carbocycles. The summed E-state index contributed by atoms with van der Waals surface area (Å²) in [6, 6.07) is -2.38. The average Bonchev–Trinajstić information content (AvgIpc) is 2.62. The highest BCUT2D eigenvalue weighted by molar-refractivity contribution is 5.91. The fourth-order valence-electron chi connectivity index (χ4n) is 2.30. The van der Waals surface area contributed by atoms with E-state index in [0.29, 0.717) is 32.1 Å². The molecule has 8 N–H and O–H groups in total. The van der Waals surface area contributed by atoms with Gasteiger partial charge >= 0.3 is 0 Å². The monoisotopic (exact) mass is 371 g/mol. The third kappa shape index (κ3) is 9.47. The van der Waals surface area contributed by atoms with Crippen molar-refractivity contribution in [2.24, 2.45) is 23.1 Å². The summed E-state index contributed by atoms with van der Waals surface area (Å²) in [5.41, 5.74) is 16.3. The predicted molar refractivity (Wildman–Crippen MR) is 98.7 cm³/mol. The number of nitrogens with one attached hydrogen (secondary N) is 2. The summed E-state index contributed by atoms with van der Waals surface area (Å²) in [5.74, 6) is -1.54. The molecule has 0 spiro atoms. The molecule has 0 aromatic carbocycles. The lowest BCUT2D eigenvalue weighted by atomic mass is 9.99. The molecule has 0 aliphatic rings. The van der Waals surface area contributed by atoms with E-state index in [9.17, 15) is 19.2 Å². The molecule has 0 saturated carbocycles. The minimum atomic E-state index is -0.941. The van der Waals surface area contributed by atoms with E-state index in [1.165, 1.54) is 0 Å². The summed E-state index contributed by atoms with van der Waals surface area (Å²) in [5, 5.41) is 5.27. The third-order valence-electron chi connectivity index (χ3n) is 4.33. The zero-order valence-electron chi connectivity index (χ0n) is 15.7. The molecule has 0 aliphatic heterocycles. The van der Waals surface area contributed by atoms with Gasteiger partial charge in [-0.15, -0.1) is 0 Å². The van der Waals surface area contributed by atoms with Crippen LogP contribution in [0, 0.1) is 5.92 Å². The van der Waals surface area contributed by atoms with Crippen LogP contribution >= 0.6 is 0 Å². The number of aldehydes is 1. The van der Waals surface area contributed by atoms with Crippen molar-refractivity contribution in [1.29, 1.82) is 0 Å². The zero-order valence-corrected chi connectivity index (χ0v) is 15.7. The van der Waals surface area contributed by atoms with Crippen molar-refractivity contribution in [2.75, 3.05) is 6.54 Å². The largest absolute Gasteiger partial charge is 0.370 e. The molecule has 26 heavy (non-hydrogen) atoms. The van der Waals surface area contributed by atoms with Crippen molar-refractivity contribution in [3.05, 3.63) is 0 Å². The molecule has 0 aromatic rings. The fourth-order valence-corrected chi connectivity index (χ4v) is 2.30. The highest BCUT2D eigenvalue weighted by Gasteiger charge is 2.26. The highest BCUT2D eigenvalue weighted by atomic mass is 16.2. The second-order valence-electron chi connectivity index (χ2n) is 6.51. The van der Waals surface area contributed by atoms with Gasteiger partial charge in [0.05, 0.1) is 12.1 Å². The number of carbonyl (C=O) groups is 4. The van der Waals surface area contributed by atoms with Crippen LogP contribution in [0.1, 0.15) is 52.4 Å². The van der Waals surface area contributed by atoms with Crippen molar-refractivity contribution in [1.82, 2.24) is 10.6 Å². The average molecular weight is 371 g/mol.